The van der Waals surface area contributed by atoms with Crippen LogP contribution in [-0.2, 0) is 6.42 Å². The van der Waals surface area contributed by atoms with Crippen LogP contribution in [-0.4, -0.2) is 20.6 Å². The normalized spacial score (nSPS) is 12.4. The molecule has 0 saturated carbocycles. The number of hydrogen-bond acceptors (Lipinski definition) is 3. The van der Waals surface area contributed by atoms with E-state index in [1.807, 2.05) is 16.8 Å². The van der Waals surface area contributed by atoms with Gasteiger partial charge in [-0.1, -0.05) is 30.3 Å². The fourth-order valence-corrected chi connectivity index (χ4v) is 2.30. The van der Waals surface area contributed by atoms with E-state index in [2.05, 4.69) is 52.7 Å². The summed E-state index contributed by atoms with van der Waals surface area (Å²) in [6.45, 7) is 2.19. The van der Waals surface area contributed by atoms with Crippen LogP contribution in [0.2, 0.25) is 0 Å². The van der Waals surface area contributed by atoms with Gasteiger partial charge in [0.2, 0.25) is 0 Å². The predicted octanol–water partition coefficient (Wildman–Crippen LogP) is 3.16. The molecular formula is C16H18N4. The fourth-order valence-electron chi connectivity index (χ4n) is 2.30. The maximum Gasteiger partial charge on any atom is 0.152 e. The molecule has 0 radical (unpaired) electrons. The lowest BCUT2D eigenvalue weighted by Crippen LogP contribution is -2.17. The van der Waals surface area contributed by atoms with E-state index in [4.69, 9.17) is 0 Å². The van der Waals surface area contributed by atoms with E-state index in [1.54, 1.807) is 12.4 Å². The van der Waals surface area contributed by atoms with Crippen molar-refractivity contribution >= 4 is 11.3 Å². The molecule has 0 aliphatic heterocycles. The number of nitrogens with one attached hydrogen (secondary N) is 1. The minimum absolute atomic E-state index is 0.365. The molecule has 4 nitrogen and oxygen atoms in total. The van der Waals surface area contributed by atoms with E-state index >= 15 is 0 Å². The van der Waals surface area contributed by atoms with Crippen molar-refractivity contribution in [2.75, 3.05) is 5.32 Å². The second-order valence-electron chi connectivity index (χ2n) is 5.01. The van der Waals surface area contributed by atoms with E-state index in [0.29, 0.717) is 6.04 Å². The van der Waals surface area contributed by atoms with Gasteiger partial charge in [-0.2, -0.15) is 5.10 Å². The summed E-state index contributed by atoms with van der Waals surface area (Å²) < 4.78 is 1.83. The third kappa shape index (κ3) is 2.79. The lowest BCUT2D eigenvalue weighted by Gasteiger charge is -2.15. The highest BCUT2D eigenvalue weighted by atomic mass is 15.2. The molecule has 0 amide bonds. The zero-order valence-corrected chi connectivity index (χ0v) is 11.5. The van der Waals surface area contributed by atoms with Crippen molar-refractivity contribution in [3.05, 3.63) is 60.6 Å². The summed E-state index contributed by atoms with van der Waals surface area (Å²) in [7, 11) is 0. The maximum atomic E-state index is 4.40. The highest BCUT2D eigenvalue weighted by Crippen LogP contribution is 2.15. The Kier molecular flexibility index (Phi) is 3.63. The number of fused-ring (bicyclic) bond motifs is 1. The molecule has 1 atom stereocenters. The number of rotatable bonds is 5. The van der Waals surface area contributed by atoms with E-state index in [-0.39, 0.29) is 0 Å². The van der Waals surface area contributed by atoms with Gasteiger partial charge in [-0.05, 0) is 31.4 Å². The molecule has 0 spiro atoms. The van der Waals surface area contributed by atoms with Crippen LogP contribution in [0.25, 0.3) is 5.52 Å². The summed E-state index contributed by atoms with van der Waals surface area (Å²) in [6, 6.07) is 12.9. The molecule has 0 aliphatic carbocycles. The van der Waals surface area contributed by atoms with Crippen molar-refractivity contribution in [1.82, 2.24) is 14.6 Å². The highest BCUT2D eigenvalue weighted by molar-refractivity contribution is 5.66. The lowest BCUT2D eigenvalue weighted by atomic mass is 10.1. The second kappa shape index (κ2) is 5.74. The average Bonchev–Trinajstić information content (AvgIpc) is 2.96. The van der Waals surface area contributed by atoms with Gasteiger partial charge in [-0.15, -0.1) is 0 Å². The topological polar surface area (TPSA) is 42.2 Å². The van der Waals surface area contributed by atoms with Gasteiger partial charge in [0.1, 0.15) is 5.52 Å². The van der Waals surface area contributed by atoms with Crippen molar-refractivity contribution in [1.29, 1.82) is 0 Å². The van der Waals surface area contributed by atoms with Crippen LogP contribution in [0, 0.1) is 0 Å². The third-order valence-corrected chi connectivity index (χ3v) is 3.42. The first-order valence-corrected chi connectivity index (χ1v) is 6.92. The van der Waals surface area contributed by atoms with Crippen LogP contribution in [0.15, 0.2) is 55.0 Å². The van der Waals surface area contributed by atoms with Gasteiger partial charge in [0.25, 0.3) is 0 Å². The molecule has 0 saturated heterocycles. The zero-order valence-electron chi connectivity index (χ0n) is 11.5. The van der Waals surface area contributed by atoms with Gasteiger partial charge in [0.15, 0.2) is 5.82 Å². The smallest absolute Gasteiger partial charge is 0.152 e. The monoisotopic (exact) mass is 266 g/mol. The third-order valence-electron chi connectivity index (χ3n) is 3.42. The van der Waals surface area contributed by atoms with Gasteiger partial charge < -0.3 is 5.32 Å². The van der Waals surface area contributed by atoms with Gasteiger partial charge in [-0.3, -0.25) is 0 Å². The molecule has 1 aromatic carbocycles. The summed E-state index contributed by atoms with van der Waals surface area (Å²) in [4.78, 5) is 4.40. The molecule has 0 fully saturated rings. The number of aryl methyl sites for hydroxylation is 1. The van der Waals surface area contributed by atoms with Gasteiger partial charge in [-0.25, -0.2) is 9.50 Å². The second-order valence-corrected chi connectivity index (χ2v) is 5.01. The SMILES string of the molecule is CC(CCc1ccccc1)Nc1nccn2nccc12. The number of nitrogens with zero attached hydrogens (tertiary/aromatic N) is 3. The molecule has 3 rings (SSSR count). The first-order chi connectivity index (χ1) is 9.83. The van der Waals surface area contributed by atoms with Gasteiger partial charge >= 0.3 is 0 Å². The Balaban J connectivity index is 1.64. The molecule has 2 aromatic heterocycles. The van der Waals surface area contributed by atoms with Crippen molar-refractivity contribution in [2.24, 2.45) is 0 Å². The molecule has 102 valence electrons. The summed E-state index contributed by atoms with van der Waals surface area (Å²) in [5.41, 5.74) is 2.38. The van der Waals surface area contributed by atoms with Crippen LogP contribution in [0.3, 0.4) is 0 Å². The summed E-state index contributed by atoms with van der Waals surface area (Å²) >= 11 is 0. The van der Waals surface area contributed by atoms with Crippen LogP contribution < -0.4 is 5.32 Å². The standard InChI is InChI=1S/C16H18N4/c1-13(7-8-14-5-3-2-4-6-14)19-16-15-9-10-18-20(15)12-11-17-16/h2-6,9-13H,7-8H2,1H3,(H,17,19). The average molecular weight is 266 g/mol. The van der Waals surface area contributed by atoms with Crippen molar-refractivity contribution in [3.63, 3.8) is 0 Å². The first kappa shape index (κ1) is 12.7. The maximum absolute atomic E-state index is 4.40. The molecular weight excluding hydrogens is 248 g/mol. The Labute approximate surface area is 118 Å². The Bertz CT molecular complexity index is 675. The Morgan fingerprint density at radius 2 is 2.00 bits per heavy atom. The van der Waals surface area contributed by atoms with Crippen LogP contribution in [0.5, 0.6) is 0 Å². The Morgan fingerprint density at radius 3 is 2.85 bits per heavy atom. The highest BCUT2D eigenvalue weighted by Gasteiger charge is 2.07. The summed E-state index contributed by atoms with van der Waals surface area (Å²) in [5, 5.41) is 7.69. The molecule has 0 aliphatic rings. The molecule has 0 bridgehead atoms. The molecule has 1 N–H and O–H groups in total. The van der Waals surface area contributed by atoms with E-state index in [1.165, 1.54) is 5.56 Å². The van der Waals surface area contributed by atoms with Crippen molar-refractivity contribution < 1.29 is 0 Å². The first-order valence-electron chi connectivity index (χ1n) is 6.92. The largest absolute Gasteiger partial charge is 0.366 e. The van der Waals surface area contributed by atoms with Crippen LogP contribution in [0.4, 0.5) is 5.82 Å². The fraction of sp³-hybridized carbons (Fsp3) is 0.250. The zero-order chi connectivity index (χ0) is 13.8. The Morgan fingerprint density at radius 1 is 1.15 bits per heavy atom. The molecule has 2 heterocycles. The van der Waals surface area contributed by atoms with Crippen molar-refractivity contribution in [3.8, 4) is 0 Å². The van der Waals surface area contributed by atoms with Crippen LogP contribution in [0.1, 0.15) is 18.9 Å². The number of hydrogen-bond donors (Lipinski definition) is 1. The molecule has 1 unspecified atom stereocenters. The summed E-state index contributed by atoms with van der Waals surface area (Å²) in [6.07, 6.45) is 7.55. The minimum Gasteiger partial charge on any atom is -0.366 e. The number of benzene rings is 1. The Hall–Kier alpha value is -2.36. The van der Waals surface area contributed by atoms with E-state index in [9.17, 15) is 0 Å². The predicted molar refractivity (Wildman–Crippen MR) is 80.8 cm³/mol. The van der Waals surface area contributed by atoms with Crippen molar-refractivity contribution in [2.45, 2.75) is 25.8 Å². The van der Waals surface area contributed by atoms with E-state index in [0.717, 1.165) is 24.2 Å². The minimum atomic E-state index is 0.365. The summed E-state index contributed by atoms with van der Waals surface area (Å²) in [5.74, 6) is 0.894. The number of anilines is 1. The molecule has 20 heavy (non-hydrogen) atoms. The van der Waals surface area contributed by atoms with Gasteiger partial charge in [0, 0.05) is 18.4 Å². The quantitative estimate of drug-likeness (QED) is 0.771. The van der Waals surface area contributed by atoms with Gasteiger partial charge in [0.05, 0.1) is 6.20 Å². The van der Waals surface area contributed by atoms with Crippen LogP contribution >= 0.6 is 0 Å². The molecule has 4 heteroatoms. The number of aromatic nitrogens is 3. The lowest BCUT2D eigenvalue weighted by molar-refractivity contribution is 0.703. The van der Waals surface area contributed by atoms with E-state index < -0.39 is 0 Å². The molecule has 3 aromatic rings.